The fourth-order valence-electron chi connectivity index (χ4n) is 2.42. The molecular weight excluding hydrogens is 203 g/mol. The molecule has 1 aromatic carbocycles. The Morgan fingerprint density at radius 2 is 1.88 bits per heavy atom. The van der Waals surface area contributed by atoms with E-state index < -0.39 is 0 Å². The molecule has 0 aliphatic heterocycles. The first-order valence-electron chi connectivity index (χ1n) is 5.78. The van der Waals surface area contributed by atoms with Crippen molar-refractivity contribution in [3.05, 3.63) is 35.6 Å². The van der Waals surface area contributed by atoms with Gasteiger partial charge in [-0.2, -0.15) is 0 Å². The monoisotopic (exact) mass is 222 g/mol. The molecule has 0 heterocycles. The van der Waals surface area contributed by atoms with Crippen molar-refractivity contribution in [2.75, 3.05) is 0 Å². The number of benzene rings is 1. The van der Waals surface area contributed by atoms with Gasteiger partial charge in [0, 0.05) is 11.5 Å². The molecule has 1 aliphatic rings. The number of nitrogens with two attached hydrogens (primary N) is 1. The van der Waals surface area contributed by atoms with Crippen LogP contribution in [0.1, 0.15) is 32.3 Å². The lowest BCUT2D eigenvalue weighted by atomic mass is 9.76. The summed E-state index contributed by atoms with van der Waals surface area (Å²) in [6, 6.07) is 6.98. The molecule has 2 rings (SSSR count). The Hall–Kier alpha value is -0.930. The van der Waals surface area contributed by atoms with Gasteiger partial charge in [0.1, 0.15) is 5.82 Å². The summed E-state index contributed by atoms with van der Waals surface area (Å²) in [6.07, 6.45) is 2.47. The van der Waals surface area contributed by atoms with Crippen molar-refractivity contribution >= 4 is 0 Å². The lowest BCUT2D eigenvalue weighted by molar-refractivity contribution is 0.311. The first kappa shape index (κ1) is 11.6. The van der Waals surface area contributed by atoms with Gasteiger partial charge >= 0.3 is 0 Å². The topological polar surface area (TPSA) is 38.0 Å². The van der Waals surface area contributed by atoms with Crippen LogP contribution >= 0.6 is 0 Å². The molecule has 16 heavy (non-hydrogen) atoms. The highest BCUT2D eigenvalue weighted by molar-refractivity contribution is 5.27. The second-order valence-electron chi connectivity index (χ2n) is 5.21. The van der Waals surface area contributed by atoms with Gasteiger partial charge in [-0.15, -0.1) is 0 Å². The summed E-state index contributed by atoms with van der Waals surface area (Å²) in [4.78, 5) is 0. The number of hydrazine groups is 1. The summed E-state index contributed by atoms with van der Waals surface area (Å²) in [6.45, 7) is 4.31. The van der Waals surface area contributed by atoms with Crippen molar-refractivity contribution in [1.29, 1.82) is 0 Å². The van der Waals surface area contributed by atoms with Crippen LogP contribution in [-0.4, -0.2) is 6.04 Å². The summed E-state index contributed by atoms with van der Waals surface area (Å²) in [5.74, 6) is 6.11. The number of hydrogen-bond donors (Lipinski definition) is 2. The van der Waals surface area contributed by atoms with E-state index in [0.717, 1.165) is 5.56 Å². The van der Waals surface area contributed by atoms with Crippen molar-refractivity contribution < 1.29 is 4.39 Å². The lowest BCUT2D eigenvalue weighted by Crippen LogP contribution is -2.49. The molecule has 3 heteroatoms. The Kier molecular flexibility index (Phi) is 3.00. The van der Waals surface area contributed by atoms with Crippen LogP contribution in [0, 0.1) is 11.7 Å². The average Bonchev–Trinajstić information content (AvgIpc) is 3.03. The predicted molar refractivity (Wildman–Crippen MR) is 63.3 cm³/mol. The summed E-state index contributed by atoms with van der Waals surface area (Å²) in [5, 5.41) is 0. The van der Waals surface area contributed by atoms with Crippen LogP contribution in [-0.2, 0) is 5.41 Å². The van der Waals surface area contributed by atoms with Crippen LogP contribution in [0.3, 0.4) is 0 Å². The van der Waals surface area contributed by atoms with Crippen LogP contribution < -0.4 is 11.3 Å². The highest BCUT2D eigenvalue weighted by Crippen LogP contribution is 2.41. The Balaban J connectivity index is 2.25. The fourth-order valence-corrected chi connectivity index (χ4v) is 2.42. The van der Waals surface area contributed by atoms with Gasteiger partial charge in [-0.05, 0) is 36.5 Å². The maximum Gasteiger partial charge on any atom is 0.123 e. The third-order valence-electron chi connectivity index (χ3n) is 3.64. The van der Waals surface area contributed by atoms with Gasteiger partial charge in [0.25, 0.3) is 0 Å². The van der Waals surface area contributed by atoms with Gasteiger partial charge in [-0.3, -0.25) is 11.3 Å². The van der Waals surface area contributed by atoms with E-state index in [-0.39, 0.29) is 17.3 Å². The van der Waals surface area contributed by atoms with E-state index in [1.54, 1.807) is 0 Å². The number of nitrogens with one attached hydrogen (secondary N) is 1. The number of hydrogen-bond acceptors (Lipinski definition) is 2. The number of halogens is 1. The van der Waals surface area contributed by atoms with Gasteiger partial charge in [0.2, 0.25) is 0 Å². The summed E-state index contributed by atoms with van der Waals surface area (Å²) in [5.41, 5.74) is 3.99. The normalized spacial score (nSPS) is 18.5. The first-order valence-corrected chi connectivity index (χ1v) is 5.78. The molecule has 1 saturated carbocycles. The molecule has 0 bridgehead atoms. The molecule has 0 amide bonds. The van der Waals surface area contributed by atoms with Crippen LogP contribution in [0.5, 0.6) is 0 Å². The predicted octanol–water partition coefficient (Wildman–Crippen LogP) is 2.35. The molecule has 1 atom stereocenters. The maximum absolute atomic E-state index is 12.9. The van der Waals surface area contributed by atoms with Gasteiger partial charge < -0.3 is 0 Å². The van der Waals surface area contributed by atoms with Crippen molar-refractivity contribution in [1.82, 2.24) is 5.43 Å². The minimum absolute atomic E-state index is 0.0659. The van der Waals surface area contributed by atoms with Gasteiger partial charge in [-0.25, -0.2) is 4.39 Å². The molecule has 1 unspecified atom stereocenters. The van der Waals surface area contributed by atoms with Crippen molar-refractivity contribution in [3.63, 3.8) is 0 Å². The summed E-state index contributed by atoms with van der Waals surface area (Å²) in [7, 11) is 0. The van der Waals surface area contributed by atoms with Crippen molar-refractivity contribution in [3.8, 4) is 0 Å². The van der Waals surface area contributed by atoms with Gasteiger partial charge in [-0.1, -0.05) is 26.0 Å². The van der Waals surface area contributed by atoms with E-state index in [0.29, 0.717) is 5.92 Å². The van der Waals surface area contributed by atoms with Crippen molar-refractivity contribution in [2.24, 2.45) is 11.8 Å². The molecule has 1 aliphatic carbocycles. The second-order valence-corrected chi connectivity index (χ2v) is 5.21. The van der Waals surface area contributed by atoms with E-state index in [1.807, 2.05) is 12.1 Å². The van der Waals surface area contributed by atoms with Gasteiger partial charge in [0.05, 0.1) is 0 Å². The molecule has 0 radical (unpaired) electrons. The van der Waals surface area contributed by atoms with E-state index in [1.165, 1.54) is 25.0 Å². The third-order valence-corrected chi connectivity index (χ3v) is 3.64. The molecule has 1 aromatic rings. The van der Waals surface area contributed by atoms with Crippen LogP contribution in [0.4, 0.5) is 4.39 Å². The minimum atomic E-state index is -0.191. The van der Waals surface area contributed by atoms with E-state index in [9.17, 15) is 4.39 Å². The second kappa shape index (κ2) is 4.15. The number of rotatable bonds is 4. The molecule has 3 N–H and O–H groups in total. The van der Waals surface area contributed by atoms with E-state index in [2.05, 4.69) is 19.3 Å². The highest BCUT2D eigenvalue weighted by Gasteiger charge is 2.41. The molecule has 0 spiro atoms. The molecule has 0 saturated heterocycles. The van der Waals surface area contributed by atoms with Crippen LogP contribution in [0.2, 0.25) is 0 Å². The largest absolute Gasteiger partial charge is 0.271 e. The fraction of sp³-hybridized carbons (Fsp3) is 0.538. The first-order chi connectivity index (χ1) is 7.55. The smallest absolute Gasteiger partial charge is 0.123 e. The Bertz CT molecular complexity index is 355. The zero-order valence-corrected chi connectivity index (χ0v) is 9.83. The Morgan fingerprint density at radius 1 is 1.31 bits per heavy atom. The van der Waals surface area contributed by atoms with E-state index >= 15 is 0 Å². The third kappa shape index (κ3) is 2.11. The van der Waals surface area contributed by atoms with E-state index in [4.69, 9.17) is 5.84 Å². The molecule has 2 nitrogen and oxygen atoms in total. The summed E-state index contributed by atoms with van der Waals surface area (Å²) >= 11 is 0. The standard InChI is InChI=1S/C13H19FN2/c1-13(2,12(16-15)9-3-4-9)10-5-7-11(14)8-6-10/h5-9,12,16H,3-4,15H2,1-2H3. The molecule has 88 valence electrons. The zero-order valence-electron chi connectivity index (χ0n) is 9.83. The molecule has 0 aromatic heterocycles. The summed E-state index contributed by atoms with van der Waals surface area (Å²) < 4.78 is 12.9. The Morgan fingerprint density at radius 3 is 2.31 bits per heavy atom. The maximum atomic E-state index is 12.9. The minimum Gasteiger partial charge on any atom is -0.271 e. The van der Waals surface area contributed by atoms with Crippen LogP contribution in [0.25, 0.3) is 0 Å². The highest BCUT2D eigenvalue weighted by atomic mass is 19.1. The molecule has 1 fully saturated rings. The van der Waals surface area contributed by atoms with Crippen molar-refractivity contribution in [2.45, 2.75) is 38.1 Å². The zero-order chi connectivity index (χ0) is 11.8. The Labute approximate surface area is 96.0 Å². The lowest BCUT2D eigenvalue weighted by Gasteiger charge is -2.34. The average molecular weight is 222 g/mol. The van der Waals surface area contributed by atoms with Gasteiger partial charge in [0.15, 0.2) is 0 Å². The quantitative estimate of drug-likeness (QED) is 0.606. The molecular formula is C13H19FN2. The SMILES string of the molecule is CC(C)(c1ccc(F)cc1)C(NN)C1CC1. The van der Waals surface area contributed by atoms with Crippen LogP contribution in [0.15, 0.2) is 24.3 Å².